The molecule has 2 aromatic carbocycles. The fourth-order valence-corrected chi connectivity index (χ4v) is 3.05. The molecule has 0 aliphatic heterocycles. The zero-order valence-corrected chi connectivity index (χ0v) is 15.9. The number of hydrogen-bond acceptors (Lipinski definition) is 4. The van der Waals surface area contributed by atoms with E-state index in [0.29, 0.717) is 23.5 Å². The first kappa shape index (κ1) is 18.9. The molecule has 0 atom stereocenters. The maximum Gasteiger partial charge on any atom is 0.198 e. The molecule has 5 nitrogen and oxygen atoms in total. The molecule has 3 N–H and O–H groups in total. The molecule has 27 heavy (non-hydrogen) atoms. The van der Waals surface area contributed by atoms with Crippen molar-refractivity contribution in [3.8, 4) is 5.88 Å². The molecule has 3 rings (SSSR count). The predicted molar refractivity (Wildman–Crippen MR) is 110 cm³/mol. The number of hydrogen-bond donors (Lipinski definition) is 3. The van der Waals surface area contributed by atoms with Gasteiger partial charge in [0.2, 0.25) is 0 Å². The summed E-state index contributed by atoms with van der Waals surface area (Å²) in [4.78, 5) is 9.38. The van der Waals surface area contributed by atoms with Gasteiger partial charge in [0.15, 0.2) is 5.88 Å². The van der Waals surface area contributed by atoms with E-state index in [1.54, 1.807) is 18.3 Å². The largest absolute Gasteiger partial charge is 0.494 e. The van der Waals surface area contributed by atoms with Crippen LogP contribution in [0, 0.1) is 12.7 Å². The van der Waals surface area contributed by atoms with E-state index in [4.69, 9.17) is 0 Å². The number of aromatic amines is 1. The fraction of sp³-hybridized carbons (Fsp3) is 0.286. The van der Waals surface area contributed by atoms with E-state index in [1.165, 1.54) is 6.07 Å². The van der Waals surface area contributed by atoms with Crippen molar-refractivity contribution in [2.75, 3.05) is 32.5 Å². The van der Waals surface area contributed by atoms with Crippen LogP contribution in [-0.4, -0.2) is 48.4 Å². The third kappa shape index (κ3) is 4.46. The summed E-state index contributed by atoms with van der Waals surface area (Å²) >= 11 is 0. The summed E-state index contributed by atoms with van der Waals surface area (Å²) in [6.45, 7) is 3.63. The van der Waals surface area contributed by atoms with Crippen LogP contribution >= 0.6 is 0 Å². The van der Waals surface area contributed by atoms with Gasteiger partial charge in [-0.05, 0) is 57.7 Å². The summed E-state index contributed by atoms with van der Waals surface area (Å²) in [6, 6.07) is 10.6. The van der Waals surface area contributed by atoms with Crippen molar-refractivity contribution in [1.29, 1.82) is 0 Å². The Morgan fingerprint density at radius 3 is 2.81 bits per heavy atom. The first-order valence-corrected chi connectivity index (χ1v) is 8.98. The summed E-state index contributed by atoms with van der Waals surface area (Å²) in [5.41, 5.74) is 3.45. The molecule has 142 valence electrons. The minimum absolute atomic E-state index is 0.0581. The summed E-state index contributed by atoms with van der Waals surface area (Å²) in [6.07, 6.45) is 2.51. The summed E-state index contributed by atoms with van der Waals surface area (Å²) < 4.78 is 14.3. The van der Waals surface area contributed by atoms with Crippen LogP contribution in [0.2, 0.25) is 0 Å². The second-order valence-electron chi connectivity index (χ2n) is 6.89. The molecule has 0 fully saturated rings. The van der Waals surface area contributed by atoms with Gasteiger partial charge in [0.05, 0.1) is 16.9 Å². The Labute approximate surface area is 158 Å². The lowest BCUT2D eigenvalue weighted by atomic mass is 10.1. The predicted octanol–water partition coefficient (Wildman–Crippen LogP) is 4.44. The Kier molecular flexibility index (Phi) is 5.76. The molecule has 0 spiro atoms. The van der Waals surface area contributed by atoms with Gasteiger partial charge in [0, 0.05) is 29.7 Å². The highest BCUT2D eigenvalue weighted by Crippen LogP contribution is 2.29. The normalized spacial score (nSPS) is 11.7. The van der Waals surface area contributed by atoms with Crippen LogP contribution in [0.25, 0.3) is 10.9 Å². The molecule has 0 bridgehead atoms. The summed E-state index contributed by atoms with van der Waals surface area (Å²) in [7, 11) is 4.03. The van der Waals surface area contributed by atoms with Crippen LogP contribution in [0.5, 0.6) is 5.88 Å². The molecule has 6 heteroatoms. The van der Waals surface area contributed by atoms with Crippen molar-refractivity contribution in [3.05, 3.63) is 53.3 Å². The Morgan fingerprint density at radius 1 is 1.26 bits per heavy atom. The number of aryl methyl sites for hydroxylation is 1. The van der Waals surface area contributed by atoms with Crippen molar-refractivity contribution in [2.45, 2.75) is 13.3 Å². The first-order chi connectivity index (χ1) is 13.0. The average Bonchev–Trinajstić information content (AvgIpc) is 2.94. The van der Waals surface area contributed by atoms with Crippen LogP contribution in [0.4, 0.5) is 15.8 Å². The van der Waals surface area contributed by atoms with Gasteiger partial charge in [-0.2, -0.15) is 0 Å². The van der Waals surface area contributed by atoms with E-state index in [9.17, 15) is 9.50 Å². The lowest BCUT2D eigenvalue weighted by molar-refractivity contribution is 0.405. The third-order valence-electron chi connectivity index (χ3n) is 4.44. The number of aromatic nitrogens is 1. The molecule has 0 saturated carbocycles. The quantitative estimate of drug-likeness (QED) is 0.427. The maximum absolute atomic E-state index is 14.3. The standard InChI is InChI=1S/C21H25FN4O/c1-14-6-4-7-19-20(14)16(21(27)25-19)13-24-15-8-9-18(17(22)12-15)23-10-5-11-26(2)3/h4,6-9,12-13,23,25,27H,5,10-11H2,1-3H3. The van der Waals surface area contributed by atoms with E-state index >= 15 is 0 Å². The van der Waals surface area contributed by atoms with Crippen molar-refractivity contribution in [2.24, 2.45) is 4.99 Å². The van der Waals surface area contributed by atoms with E-state index in [-0.39, 0.29) is 11.7 Å². The molecular formula is C21H25FN4O. The number of fused-ring (bicyclic) bond motifs is 1. The van der Waals surface area contributed by atoms with Gasteiger partial charge in [0.25, 0.3) is 0 Å². The molecule has 1 heterocycles. The number of nitrogens with zero attached hydrogens (tertiary/aromatic N) is 2. The molecule has 0 radical (unpaired) electrons. The van der Waals surface area contributed by atoms with E-state index in [2.05, 4.69) is 20.2 Å². The van der Waals surface area contributed by atoms with Crippen LogP contribution in [0.3, 0.4) is 0 Å². The molecule has 0 amide bonds. The minimum Gasteiger partial charge on any atom is -0.494 e. The highest BCUT2D eigenvalue weighted by atomic mass is 19.1. The summed E-state index contributed by atoms with van der Waals surface area (Å²) in [5, 5.41) is 14.2. The fourth-order valence-electron chi connectivity index (χ4n) is 3.05. The number of nitrogens with one attached hydrogen (secondary N) is 2. The van der Waals surface area contributed by atoms with E-state index < -0.39 is 0 Å². The second kappa shape index (κ2) is 8.22. The number of halogens is 1. The van der Waals surface area contributed by atoms with Gasteiger partial charge in [-0.25, -0.2) is 4.39 Å². The highest BCUT2D eigenvalue weighted by molar-refractivity contribution is 6.04. The highest BCUT2D eigenvalue weighted by Gasteiger charge is 2.11. The average molecular weight is 368 g/mol. The van der Waals surface area contributed by atoms with Gasteiger partial charge in [-0.1, -0.05) is 12.1 Å². The number of aromatic hydroxyl groups is 1. The van der Waals surface area contributed by atoms with Crippen molar-refractivity contribution >= 4 is 28.5 Å². The van der Waals surface area contributed by atoms with Gasteiger partial charge in [0.1, 0.15) is 5.82 Å². The first-order valence-electron chi connectivity index (χ1n) is 8.98. The molecule has 0 aliphatic rings. The molecule has 0 aliphatic carbocycles. The number of rotatable bonds is 7. The Bertz CT molecular complexity index is 962. The van der Waals surface area contributed by atoms with Gasteiger partial charge in [-0.3, -0.25) is 4.99 Å². The van der Waals surface area contributed by atoms with Crippen molar-refractivity contribution < 1.29 is 9.50 Å². The topological polar surface area (TPSA) is 63.6 Å². The van der Waals surface area contributed by atoms with Crippen LogP contribution in [0.15, 0.2) is 41.4 Å². The van der Waals surface area contributed by atoms with Gasteiger partial charge < -0.3 is 20.3 Å². The zero-order valence-electron chi connectivity index (χ0n) is 15.9. The van der Waals surface area contributed by atoms with Crippen molar-refractivity contribution in [3.63, 3.8) is 0 Å². The second-order valence-corrected chi connectivity index (χ2v) is 6.89. The lowest BCUT2D eigenvalue weighted by Gasteiger charge is -2.11. The Hall–Kier alpha value is -2.86. The van der Waals surface area contributed by atoms with Gasteiger partial charge in [-0.15, -0.1) is 0 Å². The van der Waals surface area contributed by atoms with E-state index in [0.717, 1.165) is 29.4 Å². The number of aliphatic imine (C=N–C) groups is 1. The van der Waals surface area contributed by atoms with E-state index in [1.807, 2.05) is 39.2 Å². The smallest absolute Gasteiger partial charge is 0.198 e. The lowest BCUT2D eigenvalue weighted by Crippen LogP contribution is -2.16. The number of H-pyrrole nitrogens is 1. The molecule has 1 aromatic heterocycles. The Balaban J connectivity index is 1.75. The zero-order chi connectivity index (χ0) is 19.4. The molecular weight excluding hydrogens is 343 g/mol. The summed E-state index contributed by atoms with van der Waals surface area (Å²) in [5.74, 6) is -0.281. The van der Waals surface area contributed by atoms with Crippen LogP contribution in [-0.2, 0) is 0 Å². The number of benzene rings is 2. The third-order valence-corrected chi connectivity index (χ3v) is 4.44. The number of anilines is 1. The Morgan fingerprint density at radius 2 is 2.07 bits per heavy atom. The molecule has 0 unspecified atom stereocenters. The monoisotopic (exact) mass is 368 g/mol. The van der Waals surface area contributed by atoms with Crippen LogP contribution < -0.4 is 5.32 Å². The molecule has 0 saturated heterocycles. The SMILES string of the molecule is Cc1cccc2[nH]c(O)c(C=Nc3ccc(NCCCN(C)C)c(F)c3)c12. The minimum atomic E-state index is -0.339. The maximum atomic E-state index is 14.3. The molecule has 3 aromatic rings. The van der Waals surface area contributed by atoms with Crippen LogP contribution in [0.1, 0.15) is 17.5 Å². The van der Waals surface area contributed by atoms with Gasteiger partial charge >= 0.3 is 0 Å². The van der Waals surface area contributed by atoms with Crippen molar-refractivity contribution in [1.82, 2.24) is 9.88 Å².